The number of hydrogen-bond donors (Lipinski definition) is 2. The molecule has 1 aromatic carbocycles. The highest BCUT2D eigenvalue weighted by atomic mass is 35.5. The molecule has 2 aliphatic carbocycles. The van der Waals surface area contributed by atoms with Crippen LogP contribution in [0.5, 0.6) is 5.75 Å². The predicted octanol–water partition coefficient (Wildman–Crippen LogP) is 4.94. The van der Waals surface area contributed by atoms with E-state index in [0.717, 1.165) is 38.3 Å². The predicted molar refractivity (Wildman–Crippen MR) is 222 cm³/mol. The molecule has 1 aromatic heterocycles. The molecule has 2 N–H and O–H groups in total. The van der Waals surface area contributed by atoms with Gasteiger partial charge in [0.25, 0.3) is 5.91 Å². The van der Waals surface area contributed by atoms with Crippen LogP contribution in [0.3, 0.4) is 0 Å². The van der Waals surface area contributed by atoms with Gasteiger partial charge in [0.1, 0.15) is 29.7 Å². The molecule has 3 saturated heterocycles. The average Bonchev–Trinajstić information content (AvgIpc) is 3.52. The number of carbonyl (C=O) groups excluding carboxylic acids is 4. The van der Waals surface area contributed by atoms with Gasteiger partial charge in [-0.05, 0) is 61.8 Å². The Bertz CT molecular complexity index is 2220. The van der Waals surface area contributed by atoms with Gasteiger partial charge >= 0.3 is 0 Å². The lowest BCUT2D eigenvalue weighted by atomic mass is 9.49. The van der Waals surface area contributed by atoms with Gasteiger partial charge in [0, 0.05) is 84.5 Å². The van der Waals surface area contributed by atoms with Gasteiger partial charge in [0.2, 0.25) is 17.7 Å². The summed E-state index contributed by atoms with van der Waals surface area (Å²) in [4.78, 5) is 62.7. The Morgan fingerprint density at radius 2 is 1.78 bits per heavy atom. The van der Waals surface area contributed by atoms with Crippen LogP contribution in [0.15, 0.2) is 42.5 Å². The van der Waals surface area contributed by atoms with E-state index >= 15 is 0 Å². The third kappa shape index (κ3) is 7.21. The van der Waals surface area contributed by atoms with Crippen molar-refractivity contribution in [1.29, 1.82) is 5.26 Å². The fraction of sp³-hybridized carbons (Fsp3) is 0.565. The van der Waals surface area contributed by atoms with Crippen molar-refractivity contribution in [2.45, 2.75) is 105 Å². The summed E-state index contributed by atoms with van der Waals surface area (Å²) < 4.78 is 6.47. The molecule has 8 rings (SSSR count). The van der Waals surface area contributed by atoms with Crippen molar-refractivity contribution >= 4 is 35.2 Å². The lowest BCUT2D eigenvalue weighted by Gasteiger charge is -2.65. The quantitative estimate of drug-likeness (QED) is 0.204. The standard InChI is InChI=1S/C46H54ClN7O5/c1-25(39(56)50-35-15-16-38(55)51-40(35)57)44(3,4)26(2)52-20-29-22-53(23-30(29)21-52)37-17-27(37)9-11-31-12-14-33-36(49-31)24-54(41(33)58)42-45(5,6)43(46(42,7)8)59-32-13-10-28(19-48)34(47)18-32/h10,12-14,18,26-27,29-30,35,37,42-43H,1,15-17,20-24H2,2-8H3,(H,50,56)(H,51,55,57)/t26-,27?,29?,30?,35?,37?,42?,43?/m1/s1. The number of aromatic nitrogens is 1. The summed E-state index contributed by atoms with van der Waals surface area (Å²) in [7, 11) is 0. The van der Waals surface area contributed by atoms with Crippen molar-refractivity contribution in [3.8, 4) is 23.7 Å². The number of nitrogens with one attached hydrogen (secondary N) is 2. The number of nitrogens with zero attached hydrogens (tertiary/aromatic N) is 5. The number of ether oxygens (including phenoxy) is 1. The van der Waals surface area contributed by atoms with Gasteiger partial charge < -0.3 is 15.0 Å². The molecule has 5 unspecified atom stereocenters. The fourth-order valence-electron chi connectivity index (χ4n) is 11.1. The number of halogens is 1. The van der Waals surface area contributed by atoms with Crippen molar-refractivity contribution in [3.63, 3.8) is 0 Å². The molecule has 2 saturated carbocycles. The number of rotatable bonds is 9. The highest BCUT2D eigenvalue weighted by Crippen LogP contribution is 2.59. The Kier molecular flexibility index (Phi) is 10.3. The molecule has 59 heavy (non-hydrogen) atoms. The normalized spacial score (nSPS) is 29.9. The Hall–Kier alpha value is -4.75. The third-order valence-electron chi connectivity index (χ3n) is 14.5. The summed E-state index contributed by atoms with van der Waals surface area (Å²) in [6, 6.07) is 10.6. The second kappa shape index (κ2) is 14.8. The van der Waals surface area contributed by atoms with Crippen LogP contribution in [0, 0.1) is 57.2 Å². The van der Waals surface area contributed by atoms with Gasteiger partial charge in [0.05, 0.1) is 28.4 Å². The maximum atomic E-state index is 13.8. The average molecular weight is 820 g/mol. The molecule has 6 aliphatic rings. The number of benzene rings is 1. The molecule has 310 valence electrons. The highest BCUT2D eigenvalue weighted by molar-refractivity contribution is 6.31. The third-order valence-corrected chi connectivity index (χ3v) is 14.8. The number of imide groups is 1. The van der Waals surface area contributed by atoms with Crippen molar-refractivity contribution < 1.29 is 23.9 Å². The zero-order valence-corrected chi connectivity index (χ0v) is 35.8. The van der Waals surface area contributed by atoms with E-state index in [0.29, 0.717) is 69.9 Å². The van der Waals surface area contributed by atoms with Gasteiger partial charge in [-0.2, -0.15) is 5.26 Å². The Balaban J connectivity index is 0.832. The van der Waals surface area contributed by atoms with Crippen LogP contribution in [0.25, 0.3) is 0 Å². The number of nitriles is 1. The maximum absolute atomic E-state index is 13.8. The molecule has 0 radical (unpaired) electrons. The molecular formula is C46H54ClN7O5. The topological polar surface area (TPSA) is 148 Å². The Labute approximate surface area is 352 Å². The van der Waals surface area contributed by atoms with Crippen LogP contribution < -0.4 is 15.4 Å². The van der Waals surface area contributed by atoms with Crippen LogP contribution >= 0.6 is 11.6 Å². The summed E-state index contributed by atoms with van der Waals surface area (Å²) in [5.74, 6) is 7.69. The van der Waals surface area contributed by atoms with E-state index < -0.39 is 17.4 Å². The minimum absolute atomic E-state index is 0.0170. The summed E-state index contributed by atoms with van der Waals surface area (Å²) in [6.45, 7) is 23.3. The molecule has 2 aromatic rings. The smallest absolute Gasteiger partial charge is 0.256 e. The van der Waals surface area contributed by atoms with Crippen LogP contribution in [0.2, 0.25) is 5.02 Å². The molecule has 6 atom stereocenters. The Morgan fingerprint density at radius 3 is 2.42 bits per heavy atom. The van der Waals surface area contributed by atoms with Gasteiger partial charge in [-0.1, -0.05) is 65.6 Å². The van der Waals surface area contributed by atoms with E-state index in [-0.39, 0.29) is 53.2 Å². The number of piperidine rings is 1. The first kappa shape index (κ1) is 41.0. The minimum atomic E-state index is -0.726. The molecule has 0 bridgehead atoms. The second-order valence-corrected chi connectivity index (χ2v) is 19.8. The molecule has 12 nitrogen and oxygen atoms in total. The van der Waals surface area contributed by atoms with E-state index in [1.54, 1.807) is 18.2 Å². The largest absolute Gasteiger partial charge is 0.489 e. The maximum Gasteiger partial charge on any atom is 0.256 e. The molecule has 13 heteroatoms. The van der Waals surface area contributed by atoms with Crippen LogP contribution in [-0.4, -0.2) is 99.8 Å². The van der Waals surface area contributed by atoms with Gasteiger partial charge in [0.15, 0.2) is 0 Å². The van der Waals surface area contributed by atoms with E-state index in [1.165, 1.54) is 0 Å². The zero-order chi connectivity index (χ0) is 42.3. The number of amides is 4. The summed E-state index contributed by atoms with van der Waals surface area (Å²) in [5.41, 5.74) is 1.67. The van der Waals surface area contributed by atoms with E-state index in [1.807, 2.05) is 30.9 Å². The van der Waals surface area contributed by atoms with Crippen molar-refractivity contribution in [2.75, 3.05) is 26.2 Å². The van der Waals surface area contributed by atoms with E-state index in [2.05, 4.69) is 79.5 Å². The summed E-state index contributed by atoms with van der Waals surface area (Å²) in [5, 5.41) is 14.7. The van der Waals surface area contributed by atoms with Crippen LogP contribution in [0.4, 0.5) is 0 Å². The Morgan fingerprint density at radius 1 is 1.08 bits per heavy atom. The van der Waals surface area contributed by atoms with Gasteiger partial charge in [-0.15, -0.1) is 0 Å². The molecule has 5 fully saturated rings. The van der Waals surface area contributed by atoms with Gasteiger partial charge in [-0.3, -0.25) is 34.3 Å². The molecule has 4 aliphatic heterocycles. The van der Waals surface area contributed by atoms with Gasteiger partial charge in [-0.25, -0.2) is 4.98 Å². The lowest BCUT2D eigenvalue weighted by molar-refractivity contribution is -0.199. The van der Waals surface area contributed by atoms with Crippen LogP contribution in [0.1, 0.15) is 95.0 Å². The number of pyridine rings is 1. The first-order valence-corrected chi connectivity index (χ1v) is 21.2. The molecule has 0 spiro atoms. The van der Waals surface area contributed by atoms with E-state index in [4.69, 9.17) is 21.3 Å². The summed E-state index contributed by atoms with van der Waals surface area (Å²) >= 11 is 6.29. The number of carbonyl (C=O) groups is 4. The van der Waals surface area contributed by atoms with Crippen molar-refractivity contribution in [2.24, 2.45) is 34.0 Å². The molecular weight excluding hydrogens is 766 g/mol. The van der Waals surface area contributed by atoms with Crippen molar-refractivity contribution in [1.82, 2.24) is 30.3 Å². The number of fused-ring (bicyclic) bond motifs is 2. The SMILES string of the molecule is C=C(C(=O)NC1CCC(=O)NC1=O)C(C)(C)[C@@H](C)N1CC2CN(C3CC3C#Cc3ccc4c(n3)CN(C3C(C)(C)C(Oc5ccc(C#N)c(Cl)c5)C3(C)C)C4=O)CC2C1. The lowest BCUT2D eigenvalue weighted by Crippen LogP contribution is -2.74. The molecule has 5 heterocycles. The zero-order valence-electron chi connectivity index (χ0n) is 35.0. The first-order valence-electron chi connectivity index (χ1n) is 20.8. The molecule has 4 amide bonds. The highest BCUT2D eigenvalue weighted by Gasteiger charge is 2.67. The second-order valence-electron chi connectivity index (χ2n) is 19.4. The fourth-order valence-corrected chi connectivity index (χ4v) is 11.3. The number of hydrogen-bond acceptors (Lipinski definition) is 9. The van der Waals surface area contributed by atoms with Crippen LogP contribution in [-0.2, 0) is 20.9 Å². The number of likely N-dealkylation sites (tertiary alicyclic amines) is 2. The summed E-state index contributed by atoms with van der Waals surface area (Å²) in [6.07, 6.45) is 1.36. The minimum Gasteiger partial charge on any atom is -0.489 e. The van der Waals surface area contributed by atoms with Crippen molar-refractivity contribution in [3.05, 3.63) is 70.0 Å². The first-order chi connectivity index (χ1) is 27.8. The monoisotopic (exact) mass is 819 g/mol. The van der Waals surface area contributed by atoms with E-state index in [9.17, 15) is 24.4 Å².